The van der Waals surface area contributed by atoms with Crippen molar-refractivity contribution >= 4 is 16.9 Å². The number of amides is 1. The van der Waals surface area contributed by atoms with E-state index in [1.54, 1.807) is 4.68 Å². The van der Waals surface area contributed by atoms with Crippen LogP contribution in [0, 0.1) is 12.7 Å². The number of carbonyl (C=O) groups excluding carboxylic acids is 1. The van der Waals surface area contributed by atoms with Crippen molar-refractivity contribution in [2.45, 2.75) is 63.8 Å². The molecule has 0 atom stereocenters. The number of hydrogen-bond donors (Lipinski definition) is 0. The van der Waals surface area contributed by atoms with Gasteiger partial charge in [-0.2, -0.15) is 5.10 Å². The van der Waals surface area contributed by atoms with E-state index in [-0.39, 0.29) is 17.8 Å². The normalized spacial score (nSPS) is 16.9. The van der Waals surface area contributed by atoms with Gasteiger partial charge in [-0.1, -0.05) is 25.0 Å². The molecule has 3 aromatic rings. The summed E-state index contributed by atoms with van der Waals surface area (Å²) in [5.74, 6) is 0.316. The van der Waals surface area contributed by atoms with Crippen molar-refractivity contribution in [3.05, 3.63) is 58.7 Å². The van der Waals surface area contributed by atoms with E-state index in [1.165, 1.54) is 12.1 Å². The Bertz CT molecular complexity index is 1110. The van der Waals surface area contributed by atoms with Gasteiger partial charge in [0.05, 0.1) is 16.6 Å². The predicted molar refractivity (Wildman–Crippen MR) is 119 cm³/mol. The summed E-state index contributed by atoms with van der Waals surface area (Å²) in [4.78, 5) is 20.9. The average molecular weight is 421 g/mol. The Morgan fingerprint density at radius 3 is 2.55 bits per heavy atom. The van der Waals surface area contributed by atoms with Gasteiger partial charge in [-0.05, 0) is 62.8 Å². The fourth-order valence-corrected chi connectivity index (χ4v) is 4.94. The minimum Gasteiger partial charge on any atom is -0.335 e. The number of rotatable bonds is 6. The standard InChI is InChI=1S/C25H29FN4O/c1-16-23-21(15-22(18-9-10-18)27-24(23)29(2)28-16)25(31)30(20-5-3-4-6-20)14-13-17-7-11-19(26)12-8-17/h7-8,11-12,15,18,20H,3-6,9-10,13-14H2,1-2H3. The summed E-state index contributed by atoms with van der Waals surface area (Å²) in [7, 11) is 1.90. The van der Waals surface area contributed by atoms with Gasteiger partial charge in [0.15, 0.2) is 5.65 Å². The Balaban J connectivity index is 1.51. The molecule has 2 aromatic heterocycles. The van der Waals surface area contributed by atoms with Gasteiger partial charge < -0.3 is 4.90 Å². The van der Waals surface area contributed by atoms with Crippen LogP contribution < -0.4 is 0 Å². The first kappa shape index (κ1) is 20.2. The van der Waals surface area contributed by atoms with Crippen molar-refractivity contribution < 1.29 is 9.18 Å². The highest BCUT2D eigenvalue weighted by molar-refractivity contribution is 6.06. The molecule has 2 heterocycles. The molecule has 0 aliphatic heterocycles. The Morgan fingerprint density at radius 2 is 1.87 bits per heavy atom. The van der Waals surface area contributed by atoms with Crippen LogP contribution in [0.1, 0.15) is 71.8 Å². The highest BCUT2D eigenvalue weighted by Gasteiger charge is 2.32. The zero-order valence-electron chi connectivity index (χ0n) is 18.3. The van der Waals surface area contributed by atoms with Crippen LogP contribution >= 0.6 is 0 Å². The number of fused-ring (bicyclic) bond motifs is 1. The molecule has 1 amide bonds. The van der Waals surface area contributed by atoms with Crippen molar-refractivity contribution in [1.29, 1.82) is 0 Å². The van der Waals surface area contributed by atoms with Crippen LogP contribution in [-0.4, -0.2) is 38.2 Å². The van der Waals surface area contributed by atoms with E-state index < -0.39 is 0 Å². The summed E-state index contributed by atoms with van der Waals surface area (Å²) in [6.07, 6.45) is 7.42. The third kappa shape index (κ3) is 3.95. The van der Waals surface area contributed by atoms with E-state index in [1.807, 2.05) is 32.2 Å². The van der Waals surface area contributed by atoms with Gasteiger partial charge in [0, 0.05) is 31.2 Å². The zero-order valence-corrected chi connectivity index (χ0v) is 18.3. The lowest BCUT2D eigenvalue weighted by atomic mass is 10.0. The molecule has 2 aliphatic carbocycles. The summed E-state index contributed by atoms with van der Waals surface area (Å²) in [6.45, 7) is 2.59. The Kier molecular flexibility index (Phi) is 5.24. The summed E-state index contributed by atoms with van der Waals surface area (Å²) >= 11 is 0. The fraction of sp³-hybridized carbons (Fsp3) is 0.480. The number of carbonyl (C=O) groups is 1. The largest absolute Gasteiger partial charge is 0.335 e. The monoisotopic (exact) mass is 420 g/mol. The summed E-state index contributed by atoms with van der Waals surface area (Å²) in [5, 5.41) is 5.44. The van der Waals surface area contributed by atoms with E-state index in [2.05, 4.69) is 10.00 Å². The van der Waals surface area contributed by atoms with Crippen LogP contribution in [0.25, 0.3) is 11.0 Å². The second kappa shape index (κ2) is 8.06. The van der Waals surface area contributed by atoms with E-state index in [4.69, 9.17) is 4.98 Å². The number of halogens is 1. The van der Waals surface area contributed by atoms with E-state index in [0.717, 1.165) is 78.5 Å². The third-order valence-corrected chi connectivity index (χ3v) is 6.80. The molecule has 6 heteroatoms. The van der Waals surface area contributed by atoms with Crippen LogP contribution in [0.4, 0.5) is 4.39 Å². The zero-order chi connectivity index (χ0) is 21.5. The van der Waals surface area contributed by atoms with E-state index in [9.17, 15) is 9.18 Å². The molecule has 1 aromatic carbocycles. The molecule has 2 aliphatic rings. The van der Waals surface area contributed by atoms with Crippen molar-refractivity contribution in [3.8, 4) is 0 Å². The molecule has 0 bridgehead atoms. The van der Waals surface area contributed by atoms with Crippen LogP contribution in [0.3, 0.4) is 0 Å². The molecule has 5 nitrogen and oxygen atoms in total. The molecule has 31 heavy (non-hydrogen) atoms. The Labute approximate surface area is 182 Å². The molecule has 0 radical (unpaired) electrons. The summed E-state index contributed by atoms with van der Waals surface area (Å²) < 4.78 is 15.1. The molecule has 0 N–H and O–H groups in total. The van der Waals surface area contributed by atoms with Crippen molar-refractivity contribution in [2.75, 3.05) is 6.54 Å². The minimum absolute atomic E-state index is 0.0828. The molecule has 0 unspecified atom stereocenters. The quantitative estimate of drug-likeness (QED) is 0.569. The topological polar surface area (TPSA) is 51.0 Å². The summed E-state index contributed by atoms with van der Waals surface area (Å²) in [6, 6.07) is 8.89. The molecule has 2 saturated carbocycles. The number of benzene rings is 1. The van der Waals surface area contributed by atoms with Crippen molar-refractivity contribution in [2.24, 2.45) is 7.05 Å². The minimum atomic E-state index is -0.230. The average Bonchev–Trinajstić information content (AvgIpc) is 3.40. The number of aromatic nitrogens is 3. The van der Waals surface area contributed by atoms with Gasteiger partial charge >= 0.3 is 0 Å². The Hall–Kier alpha value is -2.76. The SMILES string of the molecule is Cc1nn(C)c2nc(C3CC3)cc(C(=O)N(CCc3ccc(F)cc3)C3CCCC3)c12. The maximum Gasteiger partial charge on any atom is 0.254 e. The second-order valence-corrected chi connectivity index (χ2v) is 9.09. The number of aryl methyl sites for hydroxylation is 2. The van der Waals surface area contributed by atoms with Gasteiger partial charge in [-0.3, -0.25) is 9.48 Å². The van der Waals surface area contributed by atoms with E-state index in [0.29, 0.717) is 12.5 Å². The molecule has 5 rings (SSSR count). The van der Waals surface area contributed by atoms with Crippen LogP contribution in [0.2, 0.25) is 0 Å². The lowest BCUT2D eigenvalue weighted by Gasteiger charge is -2.29. The number of hydrogen-bond acceptors (Lipinski definition) is 3. The van der Waals surface area contributed by atoms with Crippen molar-refractivity contribution in [3.63, 3.8) is 0 Å². The van der Waals surface area contributed by atoms with Gasteiger partial charge in [0.25, 0.3) is 5.91 Å². The van der Waals surface area contributed by atoms with Gasteiger partial charge in [-0.15, -0.1) is 0 Å². The van der Waals surface area contributed by atoms with Crippen molar-refractivity contribution in [1.82, 2.24) is 19.7 Å². The first-order chi connectivity index (χ1) is 15.0. The van der Waals surface area contributed by atoms with E-state index >= 15 is 0 Å². The van der Waals surface area contributed by atoms with Crippen LogP contribution in [0.15, 0.2) is 30.3 Å². The van der Waals surface area contributed by atoms with Gasteiger partial charge in [0.1, 0.15) is 5.82 Å². The molecule has 2 fully saturated rings. The molecular weight excluding hydrogens is 391 g/mol. The first-order valence-electron chi connectivity index (χ1n) is 11.4. The van der Waals surface area contributed by atoms with Gasteiger partial charge in [-0.25, -0.2) is 9.37 Å². The number of pyridine rings is 1. The first-order valence-corrected chi connectivity index (χ1v) is 11.4. The van der Waals surface area contributed by atoms with Gasteiger partial charge in [0.2, 0.25) is 0 Å². The molecular formula is C25H29FN4O. The molecule has 162 valence electrons. The maximum absolute atomic E-state index is 14.0. The predicted octanol–water partition coefficient (Wildman–Crippen LogP) is 4.92. The highest BCUT2D eigenvalue weighted by Crippen LogP contribution is 2.41. The number of nitrogens with zero attached hydrogens (tertiary/aromatic N) is 4. The lowest BCUT2D eigenvalue weighted by molar-refractivity contribution is 0.0686. The highest BCUT2D eigenvalue weighted by atomic mass is 19.1. The van der Waals surface area contributed by atoms with Crippen LogP contribution in [0.5, 0.6) is 0 Å². The smallest absolute Gasteiger partial charge is 0.254 e. The maximum atomic E-state index is 14.0. The fourth-order valence-electron chi connectivity index (χ4n) is 4.94. The lowest BCUT2D eigenvalue weighted by Crippen LogP contribution is -2.40. The third-order valence-electron chi connectivity index (χ3n) is 6.80. The molecule has 0 spiro atoms. The van der Waals surface area contributed by atoms with Crippen LogP contribution in [-0.2, 0) is 13.5 Å². The Morgan fingerprint density at radius 1 is 1.16 bits per heavy atom. The molecule has 0 saturated heterocycles. The summed E-state index contributed by atoms with van der Waals surface area (Å²) in [5.41, 5.74) is 4.45. The second-order valence-electron chi connectivity index (χ2n) is 9.09.